The summed E-state index contributed by atoms with van der Waals surface area (Å²) in [5, 5.41) is 4.62. The largest absolute Gasteiger partial charge is 0.479 e. The molecule has 0 heterocycles. The van der Waals surface area contributed by atoms with Crippen LogP contribution in [-0.2, 0) is 14.3 Å². The molecule has 1 atom stereocenters. The van der Waals surface area contributed by atoms with Crippen molar-refractivity contribution >= 4 is 17.9 Å². The third-order valence-electron chi connectivity index (χ3n) is 2.97. The summed E-state index contributed by atoms with van der Waals surface area (Å²) < 4.78 is 22.8. The highest BCUT2D eigenvalue weighted by molar-refractivity contribution is 5.95. The highest BCUT2D eigenvalue weighted by Crippen LogP contribution is 2.18. The van der Waals surface area contributed by atoms with E-state index in [0.29, 0.717) is 5.75 Å². The van der Waals surface area contributed by atoms with E-state index in [1.807, 2.05) is 0 Å². The molecular formula is C15H17FN2O5. The van der Waals surface area contributed by atoms with Crippen molar-refractivity contribution in [3.8, 4) is 5.75 Å². The second kappa shape index (κ2) is 7.57. The Morgan fingerprint density at radius 1 is 1.26 bits per heavy atom. The zero-order valence-corrected chi connectivity index (χ0v) is 12.5. The summed E-state index contributed by atoms with van der Waals surface area (Å²) in [6.07, 6.45) is 0.817. The van der Waals surface area contributed by atoms with Crippen LogP contribution >= 0.6 is 0 Å². The van der Waals surface area contributed by atoms with Gasteiger partial charge in [0.2, 0.25) is 0 Å². The van der Waals surface area contributed by atoms with Crippen molar-refractivity contribution in [1.29, 1.82) is 0 Å². The number of hydrogen-bond donors (Lipinski definition) is 2. The monoisotopic (exact) mass is 324 g/mol. The van der Waals surface area contributed by atoms with Crippen LogP contribution in [0.15, 0.2) is 24.3 Å². The van der Waals surface area contributed by atoms with E-state index >= 15 is 0 Å². The van der Waals surface area contributed by atoms with E-state index in [1.165, 1.54) is 31.2 Å². The lowest BCUT2D eigenvalue weighted by molar-refractivity contribution is -0.154. The van der Waals surface area contributed by atoms with E-state index in [9.17, 15) is 18.8 Å². The number of ether oxygens (including phenoxy) is 2. The first kappa shape index (κ1) is 16.7. The molecule has 1 saturated carbocycles. The Morgan fingerprint density at radius 3 is 2.52 bits per heavy atom. The summed E-state index contributed by atoms with van der Waals surface area (Å²) >= 11 is 0. The number of hydrogen-bond acceptors (Lipinski definition) is 5. The fourth-order valence-corrected chi connectivity index (χ4v) is 1.63. The first-order chi connectivity index (χ1) is 10.9. The first-order valence-electron chi connectivity index (χ1n) is 7.13. The molecule has 0 unspecified atom stereocenters. The van der Waals surface area contributed by atoms with Crippen molar-refractivity contribution in [3.05, 3.63) is 30.1 Å². The number of urea groups is 1. The maximum absolute atomic E-state index is 12.8. The smallest absolute Gasteiger partial charge is 0.347 e. The Labute approximate surface area is 132 Å². The number of halogens is 1. The molecule has 23 heavy (non-hydrogen) atoms. The Hall–Kier alpha value is -2.64. The number of benzene rings is 1. The van der Waals surface area contributed by atoms with E-state index in [-0.39, 0.29) is 6.04 Å². The molecule has 1 fully saturated rings. The number of esters is 1. The molecule has 0 aromatic heterocycles. The van der Waals surface area contributed by atoms with Crippen molar-refractivity contribution in [2.75, 3.05) is 6.61 Å². The molecule has 0 aliphatic heterocycles. The molecular weight excluding hydrogens is 307 g/mol. The van der Waals surface area contributed by atoms with Gasteiger partial charge in [-0.25, -0.2) is 14.0 Å². The quantitative estimate of drug-likeness (QED) is 0.765. The van der Waals surface area contributed by atoms with Gasteiger partial charge in [0.25, 0.3) is 5.91 Å². The van der Waals surface area contributed by atoms with E-state index in [4.69, 9.17) is 9.47 Å². The molecule has 0 bridgehead atoms. The third-order valence-corrected chi connectivity index (χ3v) is 2.97. The van der Waals surface area contributed by atoms with Crippen molar-refractivity contribution in [2.45, 2.75) is 31.9 Å². The molecule has 0 radical (unpaired) electrons. The molecule has 3 amide bonds. The molecule has 1 aliphatic carbocycles. The molecule has 2 rings (SSSR count). The van der Waals surface area contributed by atoms with Crippen molar-refractivity contribution < 1.29 is 28.2 Å². The Balaban J connectivity index is 1.69. The van der Waals surface area contributed by atoms with Crippen LogP contribution in [-0.4, -0.2) is 36.7 Å². The summed E-state index contributed by atoms with van der Waals surface area (Å²) in [7, 11) is 0. The lowest BCUT2D eigenvalue weighted by atomic mass is 10.3. The standard InChI is InChI=1S/C15H17FN2O5/c1-9(23-12-6-2-10(16)3-7-12)14(20)22-8-13(19)18-15(21)17-11-4-5-11/h2-3,6-7,9,11H,4-5,8H2,1H3,(H2,17,18,19,21)/t9-/m1/s1. The molecule has 1 aliphatic rings. The lowest BCUT2D eigenvalue weighted by Gasteiger charge is -2.13. The average molecular weight is 324 g/mol. The minimum Gasteiger partial charge on any atom is -0.479 e. The minimum absolute atomic E-state index is 0.120. The van der Waals surface area contributed by atoms with Gasteiger partial charge in [0.15, 0.2) is 12.7 Å². The van der Waals surface area contributed by atoms with Gasteiger partial charge in [0, 0.05) is 6.04 Å². The Kier molecular flexibility index (Phi) is 5.51. The van der Waals surface area contributed by atoms with E-state index in [2.05, 4.69) is 10.6 Å². The molecule has 8 heteroatoms. The zero-order chi connectivity index (χ0) is 16.8. The van der Waals surface area contributed by atoms with E-state index in [0.717, 1.165) is 12.8 Å². The summed E-state index contributed by atoms with van der Waals surface area (Å²) in [6, 6.07) is 4.64. The predicted molar refractivity (Wildman–Crippen MR) is 77.1 cm³/mol. The molecule has 1 aromatic rings. The topological polar surface area (TPSA) is 93.7 Å². The fraction of sp³-hybridized carbons (Fsp3) is 0.400. The number of rotatable bonds is 6. The Morgan fingerprint density at radius 2 is 1.91 bits per heavy atom. The van der Waals surface area contributed by atoms with Gasteiger partial charge in [-0.15, -0.1) is 0 Å². The highest BCUT2D eigenvalue weighted by atomic mass is 19.1. The summed E-state index contributed by atoms with van der Waals surface area (Å²) in [5.41, 5.74) is 0. The number of carbonyl (C=O) groups is 3. The molecule has 1 aromatic carbocycles. The second-order valence-corrected chi connectivity index (χ2v) is 5.12. The number of amides is 3. The van der Waals surface area contributed by atoms with Crippen LogP contribution in [0, 0.1) is 5.82 Å². The third kappa shape index (κ3) is 5.93. The van der Waals surface area contributed by atoms with Crippen LogP contribution < -0.4 is 15.4 Å². The van der Waals surface area contributed by atoms with E-state index < -0.39 is 36.4 Å². The zero-order valence-electron chi connectivity index (χ0n) is 12.5. The van der Waals surface area contributed by atoms with Crippen LogP contribution in [0.4, 0.5) is 9.18 Å². The average Bonchev–Trinajstić information content (AvgIpc) is 3.30. The van der Waals surface area contributed by atoms with Crippen LogP contribution in [0.5, 0.6) is 5.75 Å². The van der Waals surface area contributed by atoms with Gasteiger partial charge in [-0.2, -0.15) is 0 Å². The summed E-state index contributed by atoms with van der Waals surface area (Å²) in [6.45, 7) is 0.845. The molecule has 124 valence electrons. The van der Waals surface area contributed by atoms with Gasteiger partial charge in [-0.3, -0.25) is 10.1 Å². The van der Waals surface area contributed by atoms with Crippen molar-refractivity contribution in [1.82, 2.24) is 10.6 Å². The van der Waals surface area contributed by atoms with E-state index in [1.54, 1.807) is 0 Å². The van der Waals surface area contributed by atoms with Crippen LogP contribution in [0.25, 0.3) is 0 Å². The van der Waals surface area contributed by atoms with Gasteiger partial charge in [-0.1, -0.05) is 0 Å². The first-order valence-corrected chi connectivity index (χ1v) is 7.13. The molecule has 2 N–H and O–H groups in total. The van der Waals surface area contributed by atoms with Crippen LogP contribution in [0.2, 0.25) is 0 Å². The van der Waals surface area contributed by atoms with Crippen LogP contribution in [0.3, 0.4) is 0 Å². The number of imide groups is 1. The van der Waals surface area contributed by atoms with Gasteiger partial charge < -0.3 is 14.8 Å². The Bertz CT molecular complexity index is 586. The maximum Gasteiger partial charge on any atom is 0.347 e. The number of carbonyl (C=O) groups excluding carboxylic acids is 3. The van der Waals surface area contributed by atoms with Gasteiger partial charge in [0.1, 0.15) is 11.6 Å². The normalized spacial score (nSPS) is 14.5. The molecule has 0 saturated heterocycles. The lowest BCUT2D eigenvalue weighted by Crippen LogP contribution is -2.42. The maximum atomic E-state index is 12.8. The molecule has 7 nitrogen and oxygen atoms in total. The van der Waals surface area contributed by atoms with Crippen molar-refractivity contribution in [3.63, 3.8) is 0 Å². The predicted octanol–water partition coefficient (Wildman–Crippen LogP) is 1.12. The fourth-order valence-electron chi connectivity index (χ4n) is 1.63. The summed E-state index contributed by atoms with van der Waals surface area (Å²) in [4.78, 5) is 34.4. The highest BCUT2D eigenvalue weighted by Gasteiger charge is 2.24. The van der Waals surface area contributed by atoms with Crippen molar-refractivity contribution in [2.24, 2.45) is 0 Å². The van der Waals surface area contributed by atoms with Gasteiger partial charge in [0.05, 0.1) is 0 Å². The SMILES string of the molecule is C[C@@H](Oc1ccc(F)cc1)C(=O)OCC(=O)NC(=O)NC1CC1. The second-order valence-electron chi connectivity index (χ2n) is 5.12. The summed E-state index contributed by atoms with van der Waals surface area (Å²) in [5.74, 6) is -1.63. The number of nitrogens with one attached hydrogen (secondary N) is 2. The van der Waals surface area contributed by atoms with Gasteiger partial charge >= 0.3 is 12.0 Å². The minimum atomic E-state index is -0.978. The van der Waals surface area contributed by atoms with Gasteiger partial charge in [-0.05, 0) is 44.0 Å². The molecule has 0 spiro atoms. The van der Waals surface area contributed by atoms with Crippen LogP contribution in [0.1, 0.15) is 19.8 Å².